The minimum absolute atomic E-state index is 0.242. The first kappa shape index (κ1) is 22.8. The molecule has 2 atom stereocenters. The van der Waals surface area contributed by atoms with Crippen molar-refractivity contribution in [1.29, 1.82) is 0 Å². The molecule has 6 nitrogen and oxygen atoms in total. The van der Waals surface area contributed by atoms with E-state index in [4.69, 9.17) is 32.7 Å². The first-order chi connectivity index (χ1) is 13.8. The molecule has 0 aromatic heterocycles. The van der Waals surface area contributed by atoms with E-state index in [-0.39, 0.29) is 11.8 Å². The largest absolute Gasteiger partial charge is 0.481 e. The van der Waals surface area contributed by atoms with Crippen LogP contribution in [0.3, 0.4) is 0 Å². The Hall–Kier alpha value is -2.44. The average Bonchev–Trinajstić information content (AvgIpc) is 2.67. The van der Waals surface area contributed by atoms with E-state index in [2.05, 4.69) is 10.6 Å². The van der Waals surface area contributed by atoms with Crippen LogP contribution in [0.4, 0.5) is 0 Å². The lowest BCUT2D eigenvalue weighted by molar-refractivity contribution is -0.127. The quantitative estimate of drug-likeness (QED) is 0.552. The second-order valence-electron chi connectivity index (χ2n) is 6.37. The first-order valence-corrected chi connectivity index (χ1v) is 10.0. The molecule has 2 unspecified atom stereocenters. The number of halogens is 2. The molecule has 0 heterocycles. The Morgan fingerprint density at radius 3 is 1.62 bits per heavy atom. The molecule has 0 aliphatic rings. The highest BCUT2D eigenvalue weighted by Crippen LogP contribution is 2.19. The van der Waals surface area contributed by atoms with Crippen molar-refractivity contribution in [1.82, 2.24) is 10.6 Å². The molecule has 0 spiro atoms. The third-order valence-corrected chi connectivity index (χ3v) is 4.38. The van der Waals surface area contributed by atoms with Crippen molar-refractivity contribution in [2.45, 2.75) is 32.5 Å². The summed E-state index contributed by atoms with van der Waals surface area (Å²) in [6.45, 7) is 4.14. The van der Waals surface area contributed by atoms with Crippen LogP contribution in [0, 0.1) is 0 Å². The fourth-order valence-electron chi connectivity index (χ4n) is 2.39. The Labute approximate surface area is 180 Å². The fourth-order valence-corrected chi connectivity index (χ4v) is 2.76. The van der Waals surface area contributed by atoms with Crippen molar-refractivity contribution in [2.75, 3.05) is 13.1 Å². The summed E-state index contributed by atoms with van der Waals surface area (Å²) in [6, 6.07) is 13.7. The molecule has 2 rings (SSSR count). The van der Waals surface area contributed by atoms with E-state index in [1.165, 1.54) is 0 Å². The van der Waals surface area contributed by atoms with Gasteiger partial charge >= 0.3 is 0 Å². The van der Waals surface area contributed by atoms with E-state index >= 15 is 0 Å². The summed E-state index contributed by atoms with van der Waals surface area (Å²) < 4.78 is 11.1. The SMILES string of the molecule is CC(Oc1cccc(Cl)c1)C(=O)NCCCNC(=O)C(C)Oc1cccc(Cl)c1. The van der Waals surface area contributed by atoms with Gasteiger partial charge in [-0.15, -0.1) is 0 Å². The summed E-state index contributed by atoms with van der Waals surface area (Å²) in [7, 11) is 0. The zero-order valence-corrected chi connectivity index (χ0v) is 17.8. The van der Waals surface area contributed by atoms with Crippen LogP contribution < -0.4 is 20.1 Å². The standard InChI is InChI=1S/C21H24Cl2N2O4/c1-14(28-18-8-3-6-16(22)12-18)20(26)24-10-5-11-25-21(27)15(2)29-19-9-4-7-17(23)13-19/h3-4,6-9,12-15H,5,10-11H2,1-2H3,(H,24,26)(H,25,27). The molecule has 2 aromatic rings. The Kier molecular flexibility index (Phi) is 9.09. The minimum Gasteiger partial charge on any atom is -0.481 e. The van der Waals surface area contributed by atoms with Gasteiger partial charge in [-0.05, 0) is 56.7 Å². The molecule has 2 aromatic carbocycles. The summed E-state index contributed by atoms with van der Waals surface area (Å²) in [6.07, 6.45) is -0.742. The van der Waals surface area contributed by atoms with Gasteiger partial charge in [0.2, 0.25) is 0 Å². The second-order valence-corrected chi connectivity index (χ2v) is 7.24. The highest BCUT2D eigenvalue weighted by Gasteiger charge is 2.16. The Morgan fingerprint density at radius 1 is 0.828 bits per heavy atom. The molecule has 2 amide bonds. The zero-order valence-electron chi connectivity index (χ0n) is 16.3. The van der Waals surface area contributed by atoms with Crippen LogP contribution in [0.5, 0.6) is 11.5 Å². The van der Waals surface area contributed by atoms with E-state index in [1.54, 1.807) is 62.4 Å². The maximum atomic E-state index is 12.1. The smallest absolute Gasteiger partial charge is 0.260 e. The molecular weight excluding hydrogens is 415 g/mol. The Balaban J connectivity index is 1.62. The van der Waals surface area contributed by atoms with Crippen LogP contribution in [0.2, 0.25) is 10.0 Å². The minimum atomic E-state index is -0.658. The lowest BCUT2D eigenvalue weighted by atomic mass is 10.3. The summed E-state index contributed by atoms with van der Waals surface area (Å²) in [5.74, 6) is 0.574. The number of benzene rings is 2. The van der Waals surface area contributed by atoms with Crippen LogP contribution >= 0.6 is 23.2 Å². The molecule has 156 valence electrons. The molecule has 8 heteroatoms. The van der Waals surface area contributed by atoms with Crippen molar-refractivity contribution < 1.29 is 19.1 Å². The van der Waals surface area contributed by atoms with Crippen LogP contribution in [-0.4, -0.2) is 37.1 Å². The van der Waals surface area contributed by atoms with E-state index < -0.39 is 12.2 Å². The number of hydrogen-bond donors (Lipinski definition) is 2. The van der Waals surface area contributed by atoms with Gasteiger partial charge in [0.1, 0.15) is 11.5 Å². The van der Waals surface area contributed by atoms with Crippen molar-refractivity contribution >= 4 is 35.0 Å². The summed E-state index contributed by atoms with van der Waals surface area (Å²) in [5.41, 5.74) is 0. The Bertz CT molecular complexity index is 764. The number of rotatable bonds is 10. The van der Waals surface area contributed by atoms with Gasteiger partial charge in [-0.2, -0.15) is 0 Å². The third kappa shape index (κ3) is 8.21. The summed E-state index contributed by atoms with van der Waals surface area (Å²) >= 11 is 11.8. The van der Waals surface area contributed by atoms with E-state index in [0.717, 1.165) is 0 Å². The number of ether oxygens (including phenoxy) is 2. The van der Waals surface area contributed by atoms with Gasteiger partial charge in [-0.3, -0.25) is 9.59 Å². The van der Waals surface area contributed by atoms with Gasteiger partial charge in [0.05, 0.1) is 0 Å². The lowest BCUT2D eigenvalue weighted by Gasteiger charge is -2.16. The van der Waals surface area contributed by atoms with Gasteiger partial charge < -0.3 is 20.1 Å². The number of carbonyl (C=O) groups is 2. The summed E-state index contributed by atoms with van der Waals surface area (Å²) in [4.78, 5) is 24.2. The van der Waals surface area contributed by atoms with Crippen molar-refractivity contribution in [3.63, 3.8) is 0 Å². The van der Waals surface area contributed by atoms with Crippen LogP contribution in [0.1, 0.15) is 20.3 Å². The number of nitrogens with one attached hydrogen (secondary N) is 2. The molecule has 0 fully saturated rings. The Morgan fingerprint density at radius 2 is 1.24 bits per heavy atom. The van der Waals surface area contributed by atoms with Gasteiger partial charge in [0.15, 0.2) is 12.2 Å². The average molecular weight is 439 g/mol. The molecule has 0 bridgehead atoms. The van der Waals surface area contributed by atoms with Crippen LogP contribution in [0.25, 0.3) is 0 Å². The van der Waals surface area contributed by atoms with Crippen LogP contribution in [-0.2, 0) is 9.59 Å². The van der Waals surface area contributed by atoms with Gasteiger partial charge in [0, 0.05) is 23.1 Å². The highest BCUT2D eigenvalue weighted by molar-refractivity contribution is 6.31. The number of hydrogen-bond acceptors (Lipinski definition) is 4. The summed E-state index contributed by atoms with van der Waals surface area (Å²) in [5, 5.41) is 6.63. The lowest BCUT2D eigenvalue weighted by Crippen LogP contribution is -2.39. The van der Waals surface area contributed by atoms with Gasteiger partial charge in [-0.1, -0.05) is 35.3 Å². The van der Waals surface area contributed by atoms with E-state index in [0.29, 0.717) is 41.1 Å². The maximum absolute atomic E-state index is 12.1. The van der Waals surface area contributed by atoms with Crippen molar-refractivity contribution in [3.8, 4) is 11.5 Å². The zero-order chi connectivity index (χ0) is 21.2. The maximum Gasteiger partial charge on any atom is 0.260 e. The van der Waals surface area contributed by atoms with Gasteiger partial charge in [-0.25, -0.2) is 0 Å². The van der Waals surface area contributed by atoms with Gasteiger partial charge in [0.25, 0.3) is 11.8 Å². The molecule has 0 saturated heterocycles. The molecule has 0 saturated carbocycles. The predicted molar refractivity (Wildman–Crippen MR) is 114 cm³/mol. The molecule has 29 heavy (non-hydrogen) atoms. The topological polar surface area (TPSA) is 76.7 Å². The third-order valence-electron chi connectivity index (χ3n) is 3.91. The van der Waals surface area contributed by atoms with Crippen molar-refractivity contribution in [3.05, 3.63) is 58.6 Å². The number of carbonyl (C=O) groups excluding carboxylic acids is 2. The first-order valence-electron chi connectivity index (χ1n) is 9.25. The molecule has 0 aliphatic carbocycles. The van der Waals surface area contributed by atoms with Crippen LogP contribution in [0.15, 0.2) is 48.5 Å². The number of amides is 2. The fraction of sp³-hybridized carbons (Fsp3) is 0.333. The van der Waals surface area contributed by atoms with E-state index in [9.17, 15) is 9.59 Å². The molecule has 0 aliphatic heterocycles. The molecule has 0 radical (unpaired) electrons. The van der Waals surface area contributed by atoms with E-state index in [1.807, 2.05) is 0 Å². The molecular formula is C21H24Cl2N2O4. The second kappa shape index (κ2) is 11.5. The normalized spacial score (nSPS) is 12.6. The monoisotopic (exact) mass is 438 g/mol. The van der Waals surface area contributed by atoms with Crippen molar-refractivity contribution in [2.24, 2.45) is 0 Å². The highest BCUT2D eigenvalue weighted by atomic mass is 35.5. The predicted octanol–water partition coefficient (Wildman–Crippen LogP) is 3.85. The molecule has 2 N–H and O–H groups in total.